The Morgan fingerprint density at radius 1 is 0.730 bits per heavy atom. The van der Waals surface area contributed by atoms with Gasteiger partial charge in [-0.2, -0.15) is 0 Å². The van der Waals surface area contributed by atoms with E-state index in [0.717, 1.165) is 36.0 Å². The SMILES string of the molecule is CCCCCCCCCCCCOc1ccc(-c2cc(C3=C(c4cc(Cl)sc4C)CCC3)c(C)s2)cc1. The highest BCUT2D eigenvalue weighted by molar-refractivity contribution is 7.16. The van der Waals surface area contributed by atoms with E-state index in [1.165, 1.54) is 107 Å². The molecule has 0 saturated carbocycles. The Balaban J connectivity index is 1.27. The van der Waals surface area contributed by atoms with Gasteiger partial charge in [-0.15, -0.1) is 22.7 Å². The van der Waals surface area contributed by atoms with Crippen molar-refractivity contribution in [3.8, 4) is 16.2 Å². The van der Waals surface area contributed by atoms with Crippen LogP contribution >= 0.6 is 34.3 Å². The largest absolute Gasteiger partial charge is 0.494 e. The average molecular weight is 555 g/mol. The molecule has 0 unspecified atom stereocenters. The highest BCUT2D eigenvalue weighted by Gasteiger charge is 2.23. The van der Waals surface area contributed by atoms with Crippen LogP contribution in [0.4, 0.5) is 0 Å². The van der Waals surface area contributed by atoms with Crippen LogP contribution in [0.15, 0.2) is 36.4 Å². The minimum atomic E-state index is 0.820. The summed E-state index contributed by atoms with van der Waals surface area (Å²) in [5.41, 5.74) is 7.09. The number of hydrogen-bond donors (Lipinski definition) is 0. The molecule has 0 aliphatic heterocycles. The van der Waals surface area contributed by atoms with Crippen LogP contribution < -0.4 is 4.74 Å². The number of aryl methyl sites for hydroxylation is 2. The lowest BCUT2D eigenvalue weighted by Crippen LogP contribution is -1.97. The van der Waals surface area contributed by atoms with Crippen LogP contribution in [0.5, 0.6) is 5.75 Å². The van der Waals surface area contributed by atoms with Gasteiger partial charge in [-0.05, 0) is 104 Å². The van der Waals surface area contributed by atoms with Crippen molar-refractivity contribution in [3.63, 3.8) is 0 Å². The number of benzene rings is 1. The van der Waals surface area contributed by atoms with E-state index in [2.05, 4.69) is 57.2 Å². The summed E-state index contributed by atoms with van der Waals surface area (Å²) in [6.45, 7) is 7.57. The molecule has 2 aromatic heterocycles. The first-order valence-corrected chi connectivity index (χ1v) is 16.4. The van der Waals surface area contributed by atoms with Crippen molar-refractivity contribution in [2.45, 2.75) is 104 Å². The first-order valence-electron chi connectivity index (χ1n) is 14.4. The van der Waals surface area contributed by atoms with E-state index in [0.29, 0.717) is 0 Å². The number of allylic oxidation sites excluding steroid dienone is 2. The van der Waals surface area contributed by atoms with Crippen LogP contribution in [0.1, 0.15) is 111 Å². The van der Waals surface area contributed by atoms with Gasteiger partial charge < -0.3 is 4.74 Å². The summed E-state index contributed by atoms with van der Waals surface area (Å²) in [6.07, 6.45) is 17.1. The van der Waals surface area contributed by atoms with Crippen molar-refractivity contribution in [3.05, 3.63) is 61.6 Å². The Labute approximate surface area is 237 Å². The molecule has 0 fully saturated rings. The Kier molecular flexibility index (Phi) is 11.2. The van der Waals surface area contributed by atoms with E-state index in [-0.39, 0.29) is 0 Å². The minimum absolute atomic E-state index is 0.820. The Bertz CT molecular complexity index is 1150. The van der Waals surface area contributed by atoms with Gasteiger partial charge in [0.05, 0.1) is 10.9 Å². The molecule has 0 saturated heterocycles. The summed E-state index contributed by atoms with van der Waals surface area (Å²) >= 11 is 9.94. The number of ether oxygens (including phenoxy) is 1. The lowest BCUT2D eigenvalue weighted by atomic mass is 9.97. The molecule has 0 radical (unpaired) electrons. The number of unbranched alkanes of at least 4 members (excludes halogenated alkanes) is 9. The average Bonchev–Trinajstić information content (AvgIpc) is 3.60. The van der Waals surface area contributed by atoms with Crippen LogP contribution in [0.25, 0.3) is 21.6 Å². The summed E-state index contributed by atoms with van der Waals surface area (Å²) in [4.78, 5) is 4.08. The van der Waals surface area contributed by atoms with Gasteiger partial charge in [-0.1, -0.05) is 76.3 Å². The summed E-state index contributed by atoms with van der Waals surface area (Å²) in [5.74, 6) is 0.985. The number of rotatable bonds is 15. The van der Waals surface area contributed by atoms with Gasteiger partial charge in [0, 0.05) is 14.6 Å². The van der Waals surface area contributed by atoms with Crippen molar-refractivity contribution >= 4 is 45.4 Å². The standard InChI is InChI=1S/C33H43ClOS2/c1-4-5-6-7-8-9-10-11-12-13-21-35-27-19-17-26(18-20-27)32-22-30(24(2)36-32)28-15-14-16-29(28)31-23-33(34)37-25(31)3/h17-20,22-23H,4-16,21H2,1-3H3. The molecular weight excluding hydrogens is 512 g/mol. The predicted octanol–water partition coefficient (Wildman–Crippen LogP) is 12.1. The van der Waals surface area contributed by atoms with Crippen molar-refractivity contribution in [1.29, 1.82) is 0 Å². The first kappa shape index (κ1) is 28.5. The van der Waals surface area contributed by atoms with Gasteiger partial charge in [0.15, 0.2) is 0 Å². The van der Waals surface area contributed by atoms with Crippen molar-refractivity contribution in [2.75, 3.05) is 6.61 Å². The van der Waals surface area contributed by atoms with Crippen molar-refractivity contribution in [2.24, 2.45) is 0 Å². The fourth-order valence-electron chi connectivity index (χ4n) is 5.50. The second-order valence-corrected chi connectivity index (χ2v) is 13.6. The lowest BCUT2D eigenvalue weighted by molar-refractivity contribution is 0.304. The number of thiophene rings is 2. The molecule has 0 amide bonds. The topological polar surface area (TPSA) is 9.23 Å². The van der Waals surface area contributed by atoms with Crippen molar-refractivity contribution < 1.29 is 4.74 Å². The Morgan fingerprint density at radius 2 is 1.30 bits per heavy atom. The van der Waals surface area contributed by atoms with Crippen LogP contribution in [-0.4, -0.2) is 6.61 Å². The number of hydrogen-bond acceptors (Lipinski definition) is 3. The Hall–Kier alpha value is -1.55. The maximum atomic E-state index is 6.34. The van der Waals surface area contributed by atoms with E-state index in [1.807, 2.05) is 11.3 Å². The summed E-state index contributed by atoms with van der Waals surface area (Å²) < 4.78 is 6.93. The molecule has 0 N–H and O–H groups in total. The summed E-state index contributed by atoms with van der Waals surface area (Å²) in [7, 11) is 0. The quantitative estimate of drug-likeness (QED) is 0.170. The zero-order valence-electron chi connectivity index (χ0n) is 23.0. The third-order valence-corrected chi connectivity index (χ3v) is 9.86. The summed E-state index contributed by atoms with van der Waals surface area (Å²) in [6, 6.07) is 13.3. The highest BCUT2D eigenvalue weighted by Crippen LogP contribution is 2.46. The molecule has 4 heteroatoms. The molecule has 1 aliphatic rings. The van der Waals surface area contributed by atoms with Gasteiger partial charge >= 0.3 is 0 Å². The third kappa shape index (κ3) is 7.97. The normalized spacial score (nSPS) is 13.6. The zero-order chi connectivity index (χ0) is 26.0. The molecule has 3 aromatic rings. The molecule has 2 heterocycles. The first-order chi connectivity index (χ1) is 18.1. The Morgan fingerprint density at radius 3 is 1.89 bits per heavy atom. The molecule has 1 nitrogen and oxygen atoms in total. The molecule has 37 heavy (non-hydrogen) atoms. The second kappa shape index (κ2) is 14.6. The van der Waals surface area contributed by atoms with Gasteiger partial charge in [0.1, 0.15) is 5.75 Å². The maximum Gasteiger partial charge on any atom is 0.119 e. The van der Waals surface area contributed by atoms with E-state index in [4.69, 9.17) is 16.3 Å². The molecule has 0 spiro atoms. The van der Waals surface area contributed by atoms with Gasteiger partial charge in [0.25, 0.3) is 0 Å². The van der Waals surface area contributed by atoms with Crippen LogP contribution in [0.2, 0.25) is 4.34 Å². The van der Waals surface area contributed by atoms with Gasteiger partial charge in [-0.3, -0.25) is 0 Å². The van der Waals surface area contributed by atoms with Crippen molar-refractivity contribution in [1.82, 2.24) is 0 Å². The molecule has 4 rings (SSSR count). The molecule has 1 aliphatic carbocycles. The smallest absolute Gasteiger partial charge is 0.119 e. The van der Waals surface area contributed by atoms with E-state index in [1.54, 1.807) is 11.3 Å². The van der Waals surface area contributed by atoms with Gasteiger partial charge in [0.2, 0.25) is 0 Å². The van der Waals surface area contributed by atoms with Crippen LogP contribution in [0, 0.1) is 13.8 Å². The van der Waals surface area contributed by atoms with E-state index in [9.17, 15) is 0 Å². The zero-order valence-corrected chi connectivity index (χ0v) is 25.4. The number of halogens is 1. The highest BCUT2D eigenvalue weighted by atomic mass is 35.5. The minimum Gasteiger partial charge on any atom is -0.494 e. The maximum absolute atomic E-state index is 6.34. The van der Waals surface area contributed by atoms with E-state index < -0.39 is 0 Å². The van der Waals surface area contributed by atoms with Crippen LogP contribution in [0.3, 0.4) is 0 Å². The third-order valence-electron chi connectivity index (χ3n) is 7.58. The van der Waals surface area contributed by atoms with Gasteiger partial charge in [-0.25, -0.2) is 0 Å². The van der Waals surface area contributed by atoms with E-state index >= 15 is 0 Å². The monoisotopic (exact) mass is 554 g/mol. The summed E-state index contributed by atoms with van der Waals surface area (Å²) in [5, 5.41) is 0. The van der Waals surface area contributed by atoms with Crippen LogP contribution in [-0.2, 0) is 0 Å². The molecule has 0 atom stereocenters. The predicted molar refractivity (Wildman–Crippen MR) is 167 cm³/mol. The second-order valence-electron chi connectivity index (χ2n) is 10.5. The fourth-order valence-corrected chi connectivity index (χ4v) is 7.77. The molecular formula is C33H43ClOS2. The fraction of sp³-hybridized carbons (Fsp3) is 0.515. The molecule has 200 valence electrons. The lowest BCUT2D eigenvalue weighted by Gasteiger charge is -2.08. The molecule has 1 aromatic carbocycles. The molecule has 0 bridgehead atoms.